The number of alkyl halides is 3. The van der Waals surface area contributed by atoms with Gasteiger partial charge in [0.2, 0.25) is 11.6 Å². The lowest BCUT2D eigenvalue weighted by Gasteiger charge is -2.21. The first-order valence-corrected chi connectivity index (χ1v) is 9.71. The highest BCUT2D eigenvalue weighted by molar-refractivity contribution is 6.19. The Morgan fingerprint density at radius 1 is 1.09 bits per heavy atom. The molecule has 2 heterocycles. The van der Waals surface area contributed by atoms with Crippen molar-refractivity contribution in [2.45, 2.75) is 26.8 Å². The molecule has 0 atom stereocenters. The molecule has 13 heteroatoms. The maximum atomic E-state index is 14.4. The second kappa shape index (κ2) is 9.16. The number of carbonyl (C=O) groups excluding carboxylic acids is 2. The molecule has 3 amide bonds. The molecule has 7 nitrogen and oxygen atoms in total. The highest BCUT2D eigenvalue weighted by Crippen LogP contribution is 2.36. The summed E-state index contributed by atoms with van der Waals surface area (Å²) in [6.45, 7) is 4.57. The SMILES string of the molecule is CCN(CC)c1cc(CN2CC(=O)N(c3cc(F)c(OC(F)(F)F)c(F)c3F)C2=O)ccn1. The highest BCUT2D eigenvalue weighted by atomic mass is 19.4. The fourth-order valence-corrected chi connectivity index (χ4v) is 3.35. The monoisotopic (exact) mass is 476 g/mol. The summed E-state index contributed by atoms with van der Waals surface area (Å²) >= 11 is 0. The molecule has 0 spiro atoms. The molecular formula is C20H18F6N4O3. The predicted octanol–water partition coefficient (Wildman–Crippen LogP) is 4.21. The Morgan fingerprint density at radius 3 is 2.36 bits per heavy atom. The van der Waals surface area contributed by atoms with Crippen LogP contribution in [0.4, 0.5) is 42.6 Å². The lowest BCUT2D eigenvalue weighted by Crippen LogP contribution is -2.34. The lowest BCUT2D eigenvalue weighted by atomic mass is 10.2. The van der Waals surface area contributed by atoms with Crippen LogP contribution < -0.4 is 14.5 Å². The Morgan fingerprint density at radius 2 is 1.76 bits per heavy atom. The van der Waals surface area contributed by atoms with Crippen molar-refractivity contribution in [1.29, 1.82) is 0 Å². The van der Waals surface area contributed by atoms with E-state index in [0.717, 1.165) is 4.90 Å². The van der Waals surface area contributed by atoms with Gasteiger partial charge in [0.15, 0.2) is 11.6 Å². The number of hydrogen-bond donors (Lipinski definition) is 0. The van der Waals surface area contributed by atoms with Crippen LogP contribution in [0, 0.1) is 17.5 Å². The number of benzene rings is 1. The van der Waals surface area contributed by atoms with E-state index in [-0.39, 0.29) is 17.5 Å². The molecule has 0 saturated carbocycles. The number of urea groups is 1. The van der Waals surface area contributed by atoms with Crippen LogP contribution in [0.2, 0.25) is 0 Å². The Balaban J connectivity index is 1.87. The molecule has 3 rings (SSSR count). The molecule has 1 aromatic heterocycles. The van der Waals surface area contributed by atoms with Gasteiger partial charge in [-0.05, 0) is 31.5 Å². The zero-order valence-corrected chi connectivity index (χ0v) is 17.4. The number of amides is 3. The lowest BCUT2D eigenvalue weighted by molar-refractivity contribution is -0.276. The third-order valence-corrected chi connectivity index (χ3v) is 4.86. The first-order valence-electron chi connectivity index (χ1n) is 9.71. The Hall–Kier alpha value is -3.51. The zero-order chi connectivity index (χ0) is 24.5. The van der Waals surface area contributed by atoms with Gasteiger partial charge in [0.25, 0.3) is 5.91 Å². The molecule has 1 aliphatic heterocycles. The van der Waals surface area contributed by atoms with Crippen molar-refractivity contribution in [2.75, 3.05) is 29.4 Å². The number of ether oxygens (including phenoxy) is 1. The van der Waals surface area contributed by atoms with Crippen LogP contribution in [-0.2, 0) is 11.3 Å². The average molecular weight is 476 g/mol. The summed E-state index contributed by atoms with van der Waals surface area (Å²) < 4.78 is 82.7. The molecule has 0 bridgehead atoms. The van der Waals surface area contributed by atoms with E-state index in [0.29, 0.717) is 24.5 Å². The predicted molar refractivity (Wildman–Crippen MR) is 104 cm³/mol. The summed E-state index contributed by atoms with van der Waals surface area (Å²) in [5.74, 6) is -8.70. The number of carbonyl (C=O) groups is 2. The van der Waals surface area contributed by atoms with E-state index in [1.807, 2.05) is 18.7 Å². The summed E-state index contributed by atoms with van der Waals surface area (Å²) in [4.78, 5) is 32.4. The van der Waals surface area contributed by atoms with E-state index >= 15 is 0 Å². The van der Waals surface area contributed by atoms with Gasteiger partial charge >= 0.3 is 12.4 Å². The molecule has 1 aromatic carbocycles. The average Bonchev–Trinajstić information content (AvgIpc) is 3.01. The quantitative estimate of drug-likeness (QED) is 0.340. The smallest absolute Gasteiger partial charge is 0.399 e. The number of imide groups is 1. The van der Waals surface area contributed by atoms with Gasteiger partial charge in [0.05, 0.1) is 5.69 Å². The van der Waals surface area contributed by atoms with Crippen LogP contribution in [0.1, 0.15) is 19.4 Å². The van der Waals surface area contributed by atoms with Crippen molar-refractivity contribution in [3.63, 3.8) is 0 Å². The van der Waals surface area contributed by atoms with Crippen LogP contribution in [0.15, 0.2) is 24.4 Å². The van der Waals surface area contributed by atoms with Gasteiger partial charge in [0, 0.05) is 31.9 Å². The van der Waals surface area contributed by atoms with Gasteiger partial charge in [0.1, 0.15) is 12.4 Å². The van der Waals surface area contributed by atoms with Gasteiger partial charge in [-0.1, -0.05) is 0 Å². The second-order valence-electron chi connectivity index (χ2n) is 6.94. The van der Waals surface area contributed by atoms with Crippen LogP contribution in [0.25, 0.3) is 0 Å². The fraction of sp³-hybridized carbons (Fsp3) is 0.350. The molecule has 1 aliphatic rings. The van der Waals surface area contributed by atoms with Crippen molar-refractivity contribution < 1.29 is 40.7 Å². The van der Waals surface area contributed by atoms with E-state index in [1.165, 1.54) is 6.20 Å². The van der Waals surface area contributed by atoms with Crippen LogP contribution >= 0.6 is 0 Å². The fourth-order valence-electron chi connectivity index (χ4n) is 3.35. The standard InChI is InChI=1S/C20H18F6N4O3/c1-3-28(4-2)14-7-11(5-6-27-14)9-29-10-15(31)30(19(29)32)13-8-12(21)18(17(23)16(13)22)33-20(24,25)26/h5-8H,3-4,9-10H2,1-2H3. The first-order chi connectivity index (χ1) is 15.5. The van der Waals surface area contributed by atoms with Crippen molar-refractivity contribution in [3.05, 3.63) is 47.4 Å². The maximum Gasteiger partial charge on any atom is 0.573 e. The third kappa shape index (κ3) is 4.96. The molecule has 0 unspecified atom stereocenters. The largest absolute Gasteiger partial charge is 0.573 e. The molecule has 0 radical (unpaired) electrons. The molecular weight excluding hydrogens is 458 g/mol. The number of aromatic nitrogens is 1. The summed E-state index contributed by atoms with van der Waals surface area (Å²) in [6.07, 6.45) is -3.98. The Kier molecular flexibility index (Phi) is 6.70. The third-order valence-electron chi connectivity index (χ3n) is 4.86. The number of anilines is 2. The van der Waals surface area contributed by atoms with E-state index < -0.39 is 53.7 Å². The number of halogens is 6. The van der Waals surface area contributed by atoms with Crippen LogP contribution in [-0.4, -0.2) is 47.8 Å². The van der Waals surface area contributed by atoms with E-state index in [9.17, 15) is 35.9 Å². The van der Waals surface area contributed by atoms with E-state index in [2.05, 4.69) is 9.72 Å². The molecule has 0 aliphatic carbocycles. The number of rotatable bonds is 7. The molecule has 2 aromatic rings. The molecule has 1 saturated heterocycles. The van der Waals surface area contributed by atoms with Gasteiger partial charge in [-0.2, -0.15) is 4.39 Å². The van der Waals surface area contributed by atoms with Crippen molar-refractivity contribution >= 4 is 23.4 Å². The number of nitrogens with zero attached hydrogens (tertiary/aromatic N) is 4. The minimum absolute atomic E-state index is 0.0975. The van der Waals surface area contributed by atoms with Gasteiger partial charge in [-0.15, -0.1) is 13.2 Å². The highest BCUT2D eigenvalue weighted by Gasteiger charge is 2.41. The topological polar surface area (TPSA) is 66.0 Å². The van der Waals surface area contributed by atoms with Crippen molar-refractivity contribution in [1.82, 2.24) is 9.88 Å². The van der Waals surface area contributed by atoms with Crippen molar-refractivity contribution in [3.8, 4) is 5.75 Å². The van der Waals surface area contributed by atoms with Gasteiger partial charge in [-0.25, -0.2) is 23.5 Å². The summed E-state index contributed by atoms with van der Waals surface area (Å²) in [5, 5.41) is 0. The van der Waals surface area contributed by atoms with Crippen molar-refractivity contribution in [2.24, 2.45) is 0 Å². The minimum Gasteiger partial charge on any atom is -0.399 e. The molecule has 1 fully saturated rings. The van der Waals surface area contributed by atoms with E-state index in [4.69, 9.17) is 0 Å². The zero-order valence-electron chi connectivity index (χ0n) is 17.4. The summed E-state index contributed by atoms with van der Waals surface area (Å²) in [5.41, 5.74) is -0.572. The van der Waals surface area contributed by atoms with Crippen LogP contribution in [0.3, 0.4) is 0 Å². The number of hydrogen-bond acceptors (Lipinski definition) is 5. The molecule has 0 N–H and O–H groups in total. The minimum atomic E-state index is -5.49. The first kappa shape index (κ1) is 24.1. The van der Waals surface area contributed by atoms with Gasteiger partial charge in [-0.3, -0.25) is 4.79 Å². The Bertz CT molecular complexity index is 1070. The summed E-state index contributed by atoms with van der Waals surface area (Å²) in [6, 6.07) is 2.29. The molecule has 178 valence electrons. The van der Waals surface area contributed by atoms with E-state index in [1.54, 1.807) is 12.1 Å². The molecule has 33 heavy (non-hydrogen) atoms. The Labute approximate surface area is 184 Å². The van der Waals surface area contributed by atoms with Gasteiger partial charge < -0.3 is 14.5 Å². The maximum absolute atomic E-state index is 14.4. The normalized spacial score (nSPS) is 14.3. The second-order valence-corrected chi connectivity index (χ2v) is 6.94. The van der Waals surface area contributed by atoms with Crippen LogP contribution in [0.5, 0.6) is 5.75 Å². The summed E-state index contributed by atoms with van der Waals surface area (Å²) in [7, 11) is 0. The number of pyridine rings is 1.